The van der Waals surface area contributed by atoms with Gasteiger partial charge in [-0.1, -0.05) is 42.3 Å². The van der Waals surface area contributed by atoms with Crippen LogP contribution in [0.15, 0.2) is 36.4 Å². The lowest BCUT2D eigenvalue weighted by atomic mass is 9.79. The van der Waals surface area contributed by atoms with Crippen molar-refractivity contribution in [2.24, 2.45) is 11.8 Å². The molecule has 3 heteroatoms. The summed E-state index contributed by atoms with van der Waals surface area (Å²) in [5, 5.41) is 1.24. The van der Waals surface area contributed by atoms with Crippen molar-refractivity contribution in [3.63, 3.8) is 0 Å². The van der Waals surface area contributed by atoms with Gasteiger partial charge in [0.15, 0.2) is 0 Å². The number of hydrogen-bond acceptors (Lipinski definition) is 0. The summed E-state index contributed by atoms with van der Waals surface area (Å²) in [5.41, 5.74) is 3.78. The summed E-state index contributed by atoms with van der Waals surface area (Å²) in [6, 6.07) is 11.2. The van der Waals surface area contributed by atoms with Gasteiger partial charge in [-0.2, -0.15) is 0 Å². The zero-order valence-electron chi connectivity index (χ0n) is 14.0. The normalized spacial score (nSPS) is 18.2. The van der Waals surface area contributed by atoms with Crippen LogP contribution in [0.25, 0.3) is 0 Å². The molecular weight excluding hydrogens is 342 g/mol. The molecule has 1 aliphatic rings. The van der Waals surface area contributed by atoms with Crippen molar-refractivity contribution < 1.29 is 4.39 Å². The van der Waals surface area contributed by atoms with Crippen LogP contribution in [-0.4, -0.2) is 0 Å². The standard InChI is InChI=1S/C21H23Cl2F/c1-14(2-3-15-5-9-20(22)21(23)12-15)10-16-4-6-17-7-8-19(24)13-18(17)11-16/h5,7-9,12-14,16H,2-4,6,10-11H2,1H3/t14-,16?/m1/s1. The highest BCUT2D eigenvalue weighted by Gasteiger charge is 2.21. The summed E-state index contributed by atoms with van der Waals surface area (Å²) in [6.07, 6.45) is 6.69. The summed E-state index contributed by atoms with van der Waals surface area (Å²) in [7, 11) is 0. The molecule has 128 valence electrons. The molecule has 0 nitrogen and oxygen atoms in total. The van der Waals surface area contributed by atoms with Crippen molar-refractivity contribution in [3.8, 4) is 0 Å². The van der Waals surface area contributed by atoms with Gasteiger partial charge in [-0.3, -0.25) is 0 Å². The van der Waals surface area contributed by atoms with Crippen LogP contribution in [0.1, 0.15) is 42.9 Å². The molecule has 1 aliphatic carbocycles. The minimum Gasteiger partial charge on any atom is -0.207 e. The van der Waals surface area contributed by atoms with Gasteiger partial charge in [0.25, 0.3) is 0 Å². The molecule has 0 aromatic heterocycles. The largest absolute Gasteiger partial charge is 0.207 e. The Hall–Kier alpha value is -1.05. The molecule has 0 spiro atoms. The molecular formula is C21H23Cl2F. The van der Waals surface area contributed by atoms with Crippen LogP contribution in [0.3, 0.4) is 0 Å². The first-order valence-corrected chi connectivity index (χ1v) is 9.48. The van der Waals surface area contributed by atoms with Crippen LogP contribution < -0.4 is 0 Å². The Bertz CT molecular complexity index is 711. The number of rotatable bonds is 5. The van der Waals surface area contributed by atoms with Crippen LogP contribution in [0.5, 0.6) is 0 Å². The predicted octanol–water partition coefficient (Wildman–Crippen LogP) is 6.90. The Kier molecular flexibility index (Phi) is 5.84. The number of fused-ring (bicyclic) bond motifs is 1. The van der Waals surface area contributed by atoms with E-state index in [1.165, 1.54) is 29.5 Å². The number of halogens is 3. The fourth-order valence-corrected chi connectivity index (χ4v) is 4.12. The number of benzene rings is 2. The van der Waals surface area contributed by atoms with Gasteiger partial charge in [0.1, 0.15) is 5.82 Å². The molecule has 2 atom stereocenters. The van der Waals surface area contributed by atoms with E-state index in [2.05, 4.69) is 13.0 Å². The maximum absolute atomic E-state index is 13.4. The Balaban J connectivity index is 1.52. The topological polar surface area (TPSA) is 0 Å². The van der Waals surface area contributed by atoms with Crippen LogP contribution in [0.2, 0.25) is 10.0 Å². The van der Waals surface area contributed by atoms with Gasteiger partial charge < -0.3 is 0 Å². The third-order valence-electron chi connectivity index (χ3n) is 5.14. The molecule has 0 amide bonds. The molecule has 1 unspecified atom stereocenters. The van der Waals surface area contributed by atoms with Gasteiger partial charge in [0.05, 0.1) is 10.0 Å². The highest BCUT2D eigenvalue weighted by molar-refractivity contribution is 6.42. The highest BCUT2D eigenvalue weighted by atomic mass is 35.5. The first-order valence-electron chi connectivity index (χ1n) is 8.72. The van der Waals surface area contributed by atoms with Gasteiger partial charge in [0, 0.05) is 0 Å². The Morgan fingerprint density at radius 3 is 2.71 bits per heavy atom. The van der Waals surface area contributed by atoms with E-state index in [-0.39, 0.29) is 5.82 Å². The van der Waals surface area contributed by atoms with E-state index in [0.717, 1.165) is 25.7 Å². The van der Waals surface area contributed by atoms with Crippen molar-refractivity contribution in [2.75, 3.05) is 0 Å². The maximum atomic E-state index is 13.4. The van der Waals surface area contributed by atoms with Gasteiger partial charge in [-0.25, -0.2) is 4.39 Å². The Morgan fingerprint density at radius 2 is 1.92 bits per heavy atom. The number of hydrogen-bond donors (Lipinski definition) is 0. The first-order chi connectivity index (χ1) is 11.5. The molecule has 2 aromatic carbocycles. The molecule has 0 bridgehead atoms. The minimum atomic E-state index is -0.109. The second-order valence-electron chi connectivity index (χ2n) is 7.15. The van der Waals surface area contributed by atoms with Gasteiger partial charge in [-0.05, 0) is 91.3 Å². The SMILES string of the molecule is C[C@H](CCc1ccc(Cl)c(Cl)c1)CC1CCc2ccc(F)cc2C1. The van der Waals surface area contributed by atoms with E-state index in [4.69, 9.17) is 23.2 Å². The predicted molar refractivity (Wildman–Crippen MR) is 100 cm³/mol. The van der Waals surface area contributed by atoms with Crippen LogP contribution in [-0.2, 0) is 19.3 Å². The molecule has 0 N–H and O–H groups in total. The van der Waals surface area contributed by atoms with Gasteiger partial charge in [-0.15, -0.1) is 0 Å². The second-order valence-corrected chi connectivity index (χ2v) is 7.96. The van der Waals surface area contributed by atoms with E-state index in [0.29, 0.717) is 21.9 Å². The lowest BCUT2D eigenvalue weighted by molar-refractivity contribution is 0.342. The maximum Gasteiger partial charge on any atom is 0.123 e. The molecule has 24 heavy (non-hydrogen) atoms. The van der Waals surface area contributed by atoms with E-state index in [1.54, 1.807) is 12.1 Å². The van der Waals surface area contributed by atoms with Crippen molar-refractivity contribution in [1.29, 1.82) is 0 Å². The fourth-order valence-electron chi connectivity index (χ4n) is 3.80. The minimum absolute atomic E-state index is 0.109. The average molecular weight is 365 g/mol. The monoisotopic (exact) mass is 364 g/mol. The summed E-state index contributed by atoms with van der Waals surface area (Å²) in [6.45, 7) is 2.32. The van der Waals surface area contributed by atoms with Crippen molar-refractivity contribution in [3.05, 3.63) is 69.0 Å². The Labute approximate surface area is 154 Å². The van der Waals surface area contributed by atoms with E-state index in [9.17, 15) is 4.39 Å². The van der Waals surface area contributed by atoms with Gasteiger partial charge in [0.2, 0.25) is 0 Å². The zero-order valence-corrected chi connectivity index (χ0v) is 15.5. The van der Waals surface area contributed by atoms with E-state index in [1.807, 2.05) is 18.2 Å². The van der Waals surface area contributed by atoms with Crippen LogP contribution in [0, 0.1) is 17.7 Å². The smallest absolute Gasteiger partial charge is 0.123 e. The fraction of sp³-hybridized carbons (Fsp3) is 0.429. The van der Waals surface area contributed by atoms with E-state index >= 15 is 0 Å². The molecule has 2 aromatic rings. The summed E-state index contributed by atoms with van der Waals surface area (Å²) in [4.78, 5) is 0. The van der Waals surface area contributed by atoms with E-state index < -0.39 is 0 Å². The molecule has 0 fully saturated rings. The zero-order chi connectivity index (χ0) is 17.1. The first kappa shape index (κ1) is 17.8. The quantitative estimate of drug-likeness (QED) is 0.541. The lowest BCUT2D eigenvalue weighted by Gasteiger charge is -2.27. The van der Waals surface area contributed by atoms with Gasteiger partial charge >= 0.3 is 0 Å². The van der Waals surface area contributed by atoms with Crippen molar-refractivity contribution in [1.82, 2.24) is 0 Å². The second kappa shape index (κ2) is 7.89. The molecule has 0 saturated carbocycles. The lowest BCUT2D eigenvalue weighted by Crippen LogP contribution is -2.17. The molecule has 0 radical (unpaired) electrons. The summed E-state index contributed by atoms with van der Waals surface area (Å²) >= 11 is 12.0. The Morgan fingerprint density at radius 1 is 1.08 bits per heavy atom. The van der Waals surface area contributed by atoms with Crippen LogP contribution in [0.4, 0.5) is 4.39 Å². The highest BCUT2D eigenvalue weighted by Crippen LogP contribution is 2.31. The summed E-state index contributed by atoms with van der Waals surface area (Å²) < 4.78 is 13.4. The molecule has 3 rings (SSSR count). The number of aryl methyl sites for hydroxylation is 2. The summed E-state index contributed by atoms with van der Waals surface area (Å²) in [5.74, 6) is 1.21. The van der Waals surface area contributed by atoms with Crippen LogP contribution >= 0.6 is 23.2 Å². The third-order valence-corrected chi connectivity index (χ3v) is 5.88. The molecule has 0 saturated heterocycles. The average Bonchev–Trinajstić information content (AvgIpc) is 2.55. The molecule has 0 heterocycles. The third kappa shape index (κ3) is 4.52. The van der Waals surface area contributed by atoms with Crippen molar-refractivity contribution in [2.45, 2.75) is 45.4 Å². The van der Waals surface area contributed by atoms with Crippen molar-refractivity contribution >= 4 is 23.2 Å². The molecule has 0 aliphatic heterocycles.